The molecule has 14 nitrogen and oxygen atoms in total. The molecular weight excluding hydrogens is 436 g/mol. The minimum absolute atomic E-state index is 0.436. The maximum atomic E-state index is 12.2. The van der Waals surface area contributed by atoms with Gasteiger partial charge in [-0.25, -0.2) is 27.3 Å². The first-order valence-corrected chi connectivity index (χ1v) is 11.4. The summed E-state index contributed by atoms with van der Waals surface area (Å²) in [6, 6.07) is -2.40. The van der Waals surface area contributed by atoms with Crippen molar-refractivity contribution in [1.29, 1.82) is 0 Å². The van der Waals surface area contributed by atoms with Crippen LogP contribution in [0.3, 0.4) is 0 Å². The topological polar surface area (TPSA) is 268 Å². The fraction of sp³-hybridized carbons (Fsp3) is 0.800. The molecule has 0 aromatic carbocycles. The Morgan fingerprint density at radius 2 is 1.78 bits per heavy atom. The fourth-order valence-electron chi connectivity index (χ4n) is 2.35. The van der Waals surface area contributed by atoms with Gasteiger partial charge in [-0.2, -0.15) is 0 Å². The second-order valence-electron chi connectivity index (χ2n) is 5.81. The Labute approximate surface area is 157 Å². The van der Waals surface area contributed by atoms with Gasteiger partial charge >= 0.3 is 11.9 Å². The van der Waals surface area contributed by atoms with Gasteiger partial charge in [-0.3, -0.25) is 0 Å². The number of sulfonamides is 1. The first-order chi connectivity index (χ1) is 11.8. The quantitative estimate of drug-likeness (QED) is 0.160. The lowest BCUT2D eigenvalue weighted by Gasteiger charge is -2.43. The normalized spacial score (nSPS) is 24.7. The van der Waals surface area contributed by atoms with Crippen LogP contribution < -0.4 is 10.5 Å². The van der Waals surface area contributed by atoms with Gasteiger partial charge in [-0.1, -0.05) is 0 Å². The number of hydrogen-bond donors (Lipinski definition) is 10. The highest BCUT2D eigenvalue weighted by Gasteiger charge is 2.57. The van der Waals surface area contributed by atoms with E-state index in [0.29, 0.717) is 11.8 Å². The number of aliphatic hydroxyl groups is 8. The third-order valence-electron chi connectivity index (χ3n) is 3.44. The molecule has 2 unspecified atom stereocenters. The lowest BCUT2D eigenvalue weighted by molar-refractivity contribution is -0.459. The zero-order valence-corrected chi connectivity index (χ0v) is 16.0. The zero-order valence-electron chi connectivity index (χ0n) is 13.6. The SMILES string of the molecule is CSC1=C(C(O)CS(N)(=O)=O)C(NC(O)(O)C(O)(O)O)C(O)(O)CS1(=O)=O. The second kappa shape index (κ2) is 7.44. The van der Waals surface area contributed by atoms with E-state index in [1.807, 2.05) is 0 Å². The first kappa shape index (κ1) is 24.6. The van der Waals surface area contributed by atoms with Crippen LogP contribution in [0.4, 0.5) is 0 Å². The van der Waals surface area contributed by atoms with Crippen LogP contribution in [0.1, 0.15) is 0 Å². The van der Waals surface area contributed by atoms with Crippen LogP contribution in [0.5, 0.6) is 0 Å². The van der Waals surface area contributed by atoms with E-state index in [1.54, 1.807) is 0 Å². The summed E-state index contributed by atoms with van der Waals surface area (Å²) in [6.07, 6.45) is -1.12. The number of hydrogen-bond acceptors (Lipinski definition) is 14. The molecule has 1 aliphatic heterocycles. The Kier molecular flexibility index (Phi) is 6.79. The average Bonchev–Trinajstić information content (AvgIpc) is 2.36. The number of nitrogens with two attached hydrogens (primary N) is 1. The fourth-order valence-corrected chi connectivity index (χ4v) is 6.12. The van der Waals surface area contributed by atoms with Gasteiger partial charge in [-0.05, 0) is 6.26 Å². The highest BCUT2D eigenvalue weighted by Crippen LogP contribution is 2.38. The monoisotopic (exact) mass is 456 g/mol. The standard InChI is InChI=1S/C10H20N2O12S3/c1-25-7-5(4(13)2-27(11,23)24)6(8(14,15)3-26(7,21)22)12-9(16,17)10(18,19)20/h4,6,12-20H,2-3H2,1H3,(H2,11,23,24). The lowest BCUT2D eigenvalue weighted by atomic mass is 9.95. The Balaban J connectivity index is 3.67. The molecule has 0 aromatic rings. The smallest absolute Gasteiger partial charge is 0.348 e. The second-order valence-corrected chi connectivity index (χ2v) is 10.5. The number of rotatable bonds is 7. The van der Waals surface area contributed by atoms with Crippen LogP contribution in [0.2, 0.25) is 0 Å². The molecule has 160 valence electrons. The summed E-state index contributed by atoms with van der Waals surface area (Å²) in [6.45, 7) is 0. The molecule has 0 amide bonds. The molecule has 17 heteroatoms. The first-order valence-electron chi connectivity index (χ1n) is 6.79. The van der Waals surface area contributed by atoms with Gasteiger partial charge in [0.1, 0.15) is 9.99 Å². The van der Waals surface area contributed by atoms with Crippen molar-refractivity contribution in [2.24, 2.45) is 5.14 Å². The minimum Gasteiger partial charge on any atom is -0.388 e. The van der Waals surface area contributed by atoms with E-state index in [0.717, 1.165) is 0 Å². The van der Waals surface area contributed by atoms with Crippen LogP contribution in [0.15, 0.2) is 9.81 Å². The van der Waals surface area contributed by atoms with Crippen LogP contribution >= 0.6 is 11.8 Å². The summed E-state index contributed by atoms with van der Waals surface area (Å²) in [4.78, 5) is 0. The lowest BCUT2D eigenvalue weighted by Crippen LogP contribution is -2.72. The third kappa shape index (κ3) is 5.56. The highest BCUT2D eigenvalue weighted by atomic mass is 32.3. The molecule has 0 fully saturated rings. The van der Waals surface area contributed by atoms with Gasteiger partial charge in [0.2, 0.25) is 10.0 Å². The van der Waals surface area contributed by atoms with E-state index in [1.165, 1.54) is 11.6 Å². The van der Waals surface area contributed by atoms with Crippen LogP contribution in [0, 0.1) is 0 Å². The number of sulfone groups is 1. The van der Waals surface area contributed by atoms with Gasteiger partial charge in [0.25, 0.3) is 0 Å². The molecule has 0 saturated heterocycles. The molecule has 0 bridgehead atoms. The van der Waals surface area contributed by atoms with E-state index in [2.05, 4.69) is 0 Å². The van der Waals surface area contributed by atoms with E-state index >= 15 is 0 Å². The van der Waals surface area contributed by atoms with Gasteiger partial charge in [-0.15, -0.1) is 11.8 Å². The summed E-state index contributed by atoms with van der Waals surface area (Å²) in [5, 5.41) is 82.3. The van der Waals surface area contributed by atoms with Crippen molar-refractivity contribution >= 4 is 31.6 Å². The molecule has 0 aliphatic carbocycles. The van der Waals surface area contributed by atoms with Crippen molar-refractivity contribution in [3.63, 3.8) is 0 Å². The molecule has 1 rings (SSSR count). The van der Waals surface area contributed by atoms with Crippen LogP contribution in [-0.4, -0.2) is 105 Å². The Morgan fingerprint density at radius 3 is 2.15 bits per heavy atom. The Bertz CT molecular complexity index is 811. The summed E-state index contributed by atoms with van der Waals surface area (Å²) in [5.41, 5.74) is -0.968. The summed E-state index contributed by atoms with van der Waals surface area (Å²) < 4.78 is 46.1. The molecule has 0 aromatic heterocycles. The van der Waals surface area contributed by atoms with Crippen molar-refractivity contribution in [3.8, 4) is 0 Å². The molecule has 0 spiro atoms. The predicted octanol–water partition coefficient (Wildman–Crippen LogP) is -6.45. The number of aliphatic hydroxyl groups excluding tert-OH is 1. The van der Waals surface area contributed by atoms with Crippen molar-refractivity contribution in [1.82, 2.24) is 5.32 Å². The summed E-state index contributed by atoms with van der Waals surface area (Å²) in [5.74, 6) is -14.5. The largest absolute Gasteiger partial charge is 0.388 e. The number of thioether (sulfide) groups is 1. The molecule has 2 atom stereocenters. The van der Waals surface area contributed by atoms with Crippen molar-refractivity contribution in [2.45, 2.75) is 29.8 Å². The van der Waals surface area contributed by atoms with Crippen LogP contribution in [0.25, 0.3) is 0 Å². The maximum Gasteiger partial charge on any atom is 0.348 e. The molecule has 27 heavy (non-hydrogen) atoms. The molecule has 0 saturated carbocycles. The van der Waals surface area contributed by atoms with E-state index in [-0.39, 0.29) is 0 Å². The van der Waals surface area contributed by atoms with E-state index in [4.69, 9.17) is 20.5 Å². The predicted molar refractivity (Wildman–Crippen MR) is 89.0 cm³/mol. The van der Waals surface area contributed by atoms with Crippen molar-refractivity contribution in [2.75, 3.05) is 17.8 Å². The zero-order chi connectivity index (χ0) is 21.6. The van der Waals surface area contributed by atoms with Gasteiger partial charge < -0.3 is 40.9 Å². The van der Waals surface area contributed by atoms with Gasteiger partial charge in [0, 0.05) is 5.57 Å². The van der Waals surface area contributed by atoms with Gasteiger partial charge in [0.05, 0.1) is 17.9 Å². The molecular formula is C10H20N2O12S3. The van der Waals surface area contributed by atoms with E-state index in [9.17, 15) is 42.4 Å². The van der Waals surface area contributed by atoms with Gasteiger partial charge in [0.15, 0.2) is 15.6 Å². The van der Waals surface area contributed by atoms with Crippen molar-refractivity contribution < 1.29 is 57.7 Å². The molecule has 0 radical (unpaired) electrons. The highest BCUT2D eigenvalue weighted by molar-refractivity contribution is 8.18. The van der Waals surface area contributed by atoms with Crippen LogP contribution in [-0.2, 0) is 19.9 Å². The Hall–Kier alpha value is -0.410. The molecule has 1 heterocycles. The molecule has 1 aliphatic rings. The average molecular weight is 456 g/mol. The van der Waals surface area contributed by atoms with E-state index < -0.39 is 71.0 Å². The molecule has 11 N–H and O–H groups in total. The van der Waals surface area contributed by atoms with Crippen molar-refractivity contribution in [3.05, 3.63) is 9.81 Å². The number of primary sulfonamides is 1. The summed E-state index contributed by atoms with van der Waals surface area (Å²) >= 11 is 0.436. The number of nitrogens with one attached hydrogen (secondary N) is 1. The maximum absolute atomic E-state index is 12.2. The minimum atomic E-state index is -4.50. The summed E-state index contributed by atoms with van der Waals surface area (Å²) in [7, 11) is -8.93. The Morgan fingerprint density at radius 1 is 1.30 bits per heavy atom. The third-order valence-corrected chi connectivity index (χ3v) is 7.70.